The molecule has 0 amide bonds. The largest absolute Gasteiger partial charge is 0.256 e. The van der Waals surface area contributed by atoms with Crippen molar-refractivity contribution in [2.45, 2.75) is 137 Å². The minimum absolute atomic E-state index is 1.21. The van der Waals surface area contributed by atoms with Crippen LogP contribution in [0, 0.1) is 0 Å². The Morgan fingerprint density at radius 2 is 1.19 bits per heavy atom. The third kappa shape index (κ3) is 10.4. The van der Waals surface area contributed by atoms with Crippen LogP contribution in [0.5, 0.6) is 0 Å². The van der Waals surface area contributed by atoms with Gasteiger partial charge in [-0.2, -0.15) is 0 Å². The third-order valence-corrected chi connectivity index (χ3v) is 5.60. The van der Waals surface area contributed by atoms with Crippen LogP contribution < -0.4 is 4.57 Å². The Labute approximate surface area is 164 Å². The molecule has 0 aliphatic heterocycles. The molecule has 0 saturated carbocycles. The summed E-state index contributed by atoms with van der Waals surface area (Å²) in [4.78, 5) is 0. The molecule has 0 aromatic carbocycles. The maximum atomic E-state index is 2.55. The molecule has 1 heterocycles. The average molecular weight is 364 g/mol. The number of aromatic nitrogens is 2. The van der Waals surface area contributed by atoms with Crippen LogP contribution >= 0.6 is 0 Å². The number of hydrogen-bond acceptors (Lipinski definition) is 0. The van der Waals surface area contributed by atoms with Crippen LogP contribution in [0.1, 0.15) is 123 Å². The Balaban J connectivity index is 2.29. The first-order chi connectivity index (χ1) is 12.8. The molecule has 0 N–H and O–H groups in total. The molecular formula is C24H47N2+. The molecule has 1 aromatic rings. The second kappa shape index (κ2) is 16.4. The lowest BCUT2D eigenvalue weighted by Crippen LogP contribution is -2.37. The van der Waals surface area contributed by atoms with Gasteiger partial charge in [-0.15, -0.1) is 0 Å². The van der Waals surface area contributed by atoms with E-state index in [1.807, 2.05) is 0 Å². The fourth-order valence-corrected chi connectivity index (χ4v) is 3.83. The van der Waals surface area contributed by atoms with Crippen LogP contribution in [-0.2, 0) is 19.5 Å². The molecule has 0 fully saturated rings. The smallest absolute Gasteiger partial charge is 0.234 e. The Bertz CT molecular complexity index is 422. The van der Waals surface area contributed by atoms with Crippen LogP contribution in [0.4, 0.5) is 0 Å². The third-order valence-electron chi connectivity index (χ3n) is 5.60. The van der Waals surface area contributed by atoms with Crippen molar-refractivity contribution in [1.82, 2.24) is 4.57 Å². The minimum Gasteiger partial charge on any atom is -0.234 e. The van der Waals surface area contributed by atoms with Gasteiger partial charge in [0.05, 0.1) is 13.1 Å². The van der Waals surface area contributed by atoms with Crippen LogP contribution in [-0.4, -0.2) is 4.57 Å². The molecule has 1 rings (SSSR count). The van der Waals surface area contributed by atoms with Crippen molar-refractivity contribution >= 4 is 0 Å². The molecule has 0 saturated heterocycles. The lowest BCUT2D eigenvalue weighted by Gasteiger charge is -2.06. The first-order valence-electron chi connectivity index (χ1n) is 11.9. The van der Waals surface area contributed by atoms with E-state index in [0.29, 0.717) is 0 Å². The van der Waals surface area contributed by atoms with Crippen LogP contribution in [0.3, 0.4) is 0 Å². The van der Waals surface area contributed by atoms with E-state index in [0.717, 1.165) is 0 Å². The van der Waals surface area contributed by atoms with E-state index in [1.54, 1.807) is 5.82 Å². The van der Waals surface area contributed by atoms with Crippen LogP contribution in [0.15, 0.2) is 12.4 Å². The fourth-order valence-electron chi connectivity index (χ4n) is 3.83. The van der Waals surface area contributed by atoms with E-state index in [4.69, 9.17) is 0 Å². The normalized spacial score (nSPS) is 11.3. The summed E-state index contributed by atoms with van der Waals surface area (Å²) in [6.45, 7) is 9.33. The number of rotatable bonds is 18. The Morgan fingerprint density at radius 1 is 0.654 bits per heavy atom. The summed E-state index contributed by atoms with van der Waals surface area (Å²) in [5, 5.41) is 0. The van der Waals surface area contributed by atoms with E-state index >= 15 is 0 Å². The van der Waals surface area contributed by atoms with Gasteiger partial charge in [0.2, 0.25) is 0 Å². The molecule has 0 atom stereocenters. The predicted octanol–water partition coefficient (Wildman–Crippen LogP) is 7.23. The van der Waals surface area contributed by atoms with Crippen molar-refractivity contribution in [3.63, 3.8) is 0 Å². The lowest BCUT2D eigenvalue weighted by atomic mass is 10.1. The molecule has 0 spiro atoms. The first-order valence-corrected chi connectivity index (χ1v) is 11.9. The van der Waals surface area contributed by atoms with Gasteiger partial charge in [-0.25, -0.2) is 9.13 Å². The summed E-state index contributed by atoms with van der Waals surface area (Å²) in [5.41, 5.74) is 0. The van der Waals surface area contributed by atoms with Crippen molar-refractivity contribution < 1.29 is 4.57 Å². The zero-order chi connectivity index (χ0) is 18.9. The highest BCUT2D eigenvalue weighted by molar-refractivity contribution is 4.84. The van der Waals surface area contributed by atoms with E-state index < -0.39 is 0 Å². The molecule has 26 heavy (non-hydrogen) atoms. The molecule has 0 aliphatic rings. The van der Waals surface area contributed by atoms with Crippen molar-refractivity contribution in [2.75, 3.05) is 0 Å². The summed E-state index contributed by atoms with van der Waals surface area (Å²) < 4.78 is 5.09. The average Bonchev–Trinajstić information content (AvgIpc) is 3.04. The van der Waals surface area contributed by atoms with Gasteiger partial charge in [-0.1, -0.05) is 85.0 Å². The molecule has 0 unspecified atom stereocenters. The molecule has 1 aromatic heterocycles. The molecule has 0 bridgehead atoms. The molecule has 2 heteroatoms. The van der Waals surface area contributed by atoms with E-state index in [9.17, 15) is 0 Å². The number of unbranched alkanes of at least 4 members (excludes halogenated alkanes) is 12. The van der Waals surface area contributed by atoms with Gasteiger partial charge < -0.3 is 0 Å². The Morgan fingerprint density at radius 3 is 1.81 bits per heavy atom. The van der Waals surface area contributed by atoms with Crippen molar-refractivity contribution in [3.05, 3.63) is 18.2 Å². The summed E-state index contributed by atoms with van der Waals surface area (Å²) in [6.07, 6.45) is 26.7. The highest BCUT2D eigenvalue weighted by Gasteiger charge is 2.15. The number of nitrogens with zero attached hydrogens (tertiary/aromatic N) is 2. The zero-order valence-electron chi connectivity index (χ0n) is 18.3. The minimum atomic E-state index is 1.21. The monoisotopic (exact) mass is 363 g/mol. The number of aryl methyl sites for hydroxylation is 2. The zero-order valence-corrected chi connectivity index (χ0v) is 18.3. The van der Waals surface area contributed by atoms with E-state index in [-0.39, 0.29) is 0 Å². The second-order valence-corrected chi connectivity index (χ2v) is 8.09. The maximum absolute atomic E-state index is 2.55. The molecule has 0 radical (unpaired) electrons. The summed E-state index contributed by atoms with van der Waals surface area (Å²) in [6, 6.07) is 0. The lowest BCUT2D eigenvalue weighted by molar-refractivity contribution is -0.704. The summed E-state index contributed by atoms with van der Waals surface area (Å²) in [5.74, 6) is 1.57. The summed E-state index contributed by atoms with van der Waals surface area (Å²) in [7, 11) is 0. The van der Waals surface area contributed by atoms with Gasteiger partial charge in [0.15, 0.2) is 0 Å². The predicted molar refractivity (Wildman–Crippen MR) is 115 cm³/mol. The van der Waals surface area contributed by atoms with Gasteiger partial charge in [0.25, 0.3) is 5.82 Å². The number of hydrogen-bond donors (Lipinski definition) is 0. The van der Waals surface area contributed by atoms with Crippen molar-refractivity contribution in [3.8, 4) is 0 Å². The summed E-state index contributed by atoms with van der Waals surface area (Å²) >= 11 is 0. The topological polar surface area (TPSA) is 8.81 Å². The molecule has 2 nitrogen and oxygen atoms in total. The standard InChI is InChI=1S/C24H47N2/c1-4-7-10-12-13-14-15-16-18-21-26-23-22-25(20-17-11-8-5-2)24(26)19-9-6-3/h22-23H,4-21H2,1-3H3/q+1. The van der Waals surface area contributed by atoms with Crippen molar-refractivity contribution in [2.24, 2.45) is 0 Å². The maximum Gasteiger partial charge on any atom is 0.256 e. The molecule has 0 aliphatic carbocycles. The Hall–Kier alpha value is -0.790. The van der Waals surface area contributed by atoms with Crippen molar-refractivity contribution in [1.29, 1.82) is 0 Å². The van der Waals surface area contributed by atoms with Crippen LogP contribution in [0.2, 0.25) is 0 Å². The van der Waals surface area contributed by atoms with E-state index in [1.165, 1.54) is 116 Å². The highest BCUT2D eigenvalue weighted by Crippen LogP contribution is 2.11. The number of imidazole rings is 1. The van der Waals surface area contributed by atoms with Gasteiger partial charge in [0, 0.05) is 6.42 Å². The van der Waals surface area contributed by atoms with Gasteiger partial charge in [-0.3, -0.25) is 0 Å². The van der Waals surface area contributed by atoms with E-state index in [2.05, 4.69) is 42.3 Å². The highest BCUT2D eigenvalue weighted by atomic mass is 15.1. The molecule has 152 valence electrons. The van der Waals surface area contributed by atoms with Gasteiger partial charge in [0.1, 0.15) is 12.4 Å². The van der Waals surface area contributed by atoms with Gasteiger partial charge >= 0.3 is 0 Å². The molecular weight excluding hydrogens is 316 g/mol. The Kier molecular flexibility index (Phi) is 14.7. The first kappa shape index (κ1) is 23.2. The van der Waals surface area contributed by atoms with Gasteiger partial charge in [-0.05, 0) is 32.1 Å². The quantitative estimate of drug-likeness (QED) is 0.192. The van der Waals surface area contributed by atoms with Crippen LogP contribution in [0.25, 0.3) is 0 Å². The fraction of sp³-hybridized carbons (Fsp3) is 0.875. The second-order valence-electron chi connectivity index (χ2n) is 8.09. The SMILES string of the molecule is CCCCCCCCCCC[n+]1ccn(CCCCCC)c1CCCC.